The van der Waals surface area contributed by atoms with E-state index in [9.17, 15) is 9.18 Å². The molecule has 1 aromatic rings. The molecule has 3 rings (SSSR count). The highest BCUT2D eigenvalue weighted by Gasteiger charge is 2.36. The molecule has 2 fully saturated rings. The second-order valence-electron chi connectivity index (χ2n) is 5.64. The second kappa shape index (κ2) is 6.32. The minimum absolute atomic E-state index is 0.00533. The molecule has 8 heteroatoms. The van der Waals surface area contributed by atoms with E-state index in [1.807, 2.05) is 0 Å². The molecule has 2 heterocycles. The lowest BCUT2D eigenvalue weighted by molar-refractivity contribution is -0.0866. The fourth-order valence-electron chi connectivity index (χ4n) is 3.07. The first-order valence-electron chi connectivity index (χ1n) is 7.22. The number of morpholine rings is 1. The van der Waals surface area contributed by atoms with Crippen molar-refractivity contribution in [2.45, 2.75) is 12.1 Å². The SMILES string of the molecule is N#Cc1c(F)ccc([C@H]2CN3CCN(C(=O)O)C[C@H]3CO2)c1Cl. The molecule has 2 aliphatic heterocycles. The van der Waals surface area contributed by atoms with Gasteiger partial charge in [0.15, 0.2) is 0 Å². The number of hydrogen-bond acceptors (Lipinski definition) is 4. The molecule has 1 N–H and O–H groups in total. The van der Waals surface area contributed by atoms with Crippen LogP contribution in [0.1, 0.15) is 17.2 Å². The summed E-state index contributed by atoms with van der Waals surface area (Å²) in [5.41, 5.74) is 0.411. The Morgan fingerprint density at radius 2 is 2.22 bits per heavy atom. The third kappa shape index (κ3) is 2.98. The standard InChI is InChI=1S/C15H15ClFN3O3/c16-14-10(1-2-12(17)11(14)5-18)13-7-19-3-4-20(15(21)22)6-9(19)8-23-13/h1-2,9,13H,3-4,6-8H2,(H,21,22)/t9-,13+/m0/s1. The zero-order chi connectivity index (χ0) is 16.6. The van der Waals surface area contributed by atoms with Gasteiger partial charge in [-0.15, -0.1) is 0 Å². The average Bonchev–Trinajstić information content (AvgIpc) is 2.54. The molecule has 0 bridgehead atoms. The number of rotatable bonds is 1. The van der Waals surface area contributed by atoms with E-state index >= 15 is 0 Å². The highest BCUT2D eigenvalue weighted by atomic mass is 35.5. The van der Waals surface area contributed by atoms with Crippen LogP contribution in [0.4, 0.5) is 9.18 Å². The van der Waals surface area contributed by atoms with Crippen molar-refractivity contribution in [3.8, 4) is 6.07 Å². The first-order chi connectivity index (χ1) is 11.0. The van der Waals surface area contributed by atoms with Gasteiger partial charge in [-0.05, 0) is 6.07 Å². The molecule has 2 atom stereocenters. The molecule has 0 unspecified atom stereocenters. The lowest BCUT2D eigenvalue weighted by atomic mass is 10.0. The Bertz CT molecular complexity index is 679. The van der Waals surface area contributed by atoms with Crippen LogP contribution in [0.15, 0.2) is 12.1 Å². The van der Waals surface area contributed by atoms with E-state index in [-0.39, 0.29) is 22.7 Å². The van der Waals surface area contributed by atoms with Crippen molar-refractivity contribution in [2.24, 2.45) is 0 Å². The average molecular weight is 340 g/mol. The van der Waals surface area contributed by atoms with Gasteiger partial charge in [0.05, 0.1) is 23.8 Å². The quantitative estimate of drug-likeness (QED) is 0.847. The van der Waals surface area contributed by atoms with E-state index in [2.05, 4.69) is 4.90 Å². The number of halogens is 2. The third-order valence-corrected chi connectivity index (χ3v) is 4.75. The summed E-state index contributed by atoms with van der Waals surface area (Å²) in [5.74, 6) is -0.648. The van der Waals surface area contributed by atoms with E-state index in [0.29, 0.717) is 38.3 Å². The minimum Gasteiger partial charge on any atom is -0.465 e. The molecule has 122 valence electrons. The van der Waals surface area contributed by atoms with Gasteiger partial charge >= 0.3 is 6.09 Å². The number of carbonyl (C=O) groups is 1. The number of hydrogen-bond donors (Lipinski definition) is 1. The van der Waals surface area contributed by atoms with Crippen LogP contribution in [0.5, 0.6) is 0 Å². The molecule has 0 aromatic heterocycles. The summed E-state index contributed by atoms with van der Waals surface area (Å²) < 4.78 is 19.4. The van der Waals surface area contributed by atoms with Gasteiger partial charge in [-0.1, -0.05) is 17.7 Å². The summed E-state index contributed by atoms with van der Waals surface area (Å²) in [6.45, 7) is 2.36. The molecule has 23 heavy (non-hydrogen) atoms. The summed E-state index contributed by atoms with van der Waals surface area (Å²) in [7, 11) is 0. The van der Waals surface area contributed by atoms with E-state index in [4.69, 9.17) is 26.7 Å². The van der Waals surface area contributed by atoms with E-state index < -0.39 is 11.9 Å². The molecule has 2 aliphatic rings. The number of nitriles is 1. The van der Waals surface area contributed by atoms with Gasteiger partial charge in [0.2, 0.25) is 0 Å². The molecular formula is C15H15ClFN3O3. The summed E-state index contributed by atoms with van der Waals surface area (Å²) in [4.78, 5) is 14.6. The molecule has 0 aliphatic carbocycles. The molecule has 0 spiro atoms. The monoisotopic (exact) mass is 339 g/mol. The van der Waals surface area contributed by atoms with E-state index in [1.165, 1.54) is 17.0 Å². The Hall–Kier alpha value is -1.88. The van der Waals surface area contributed by atoms with Gasteiger partial charge in [0.1, 0.15) is 17.4 Å². The fourth-order valence-corrected chi connectivity index (χ4v) is 3.38. The number of benzene rings is 1. The molecule has 0 radical (unpaired) electrons. The number of carboxylic acid groups (broad SMARTS) is 1. The largest absolute Gasteiger partial charge is 0.465 e. The van der Waals surface area contributed by atoms with Gasteiger partial charge < -0.3 is 14.7 Å². The van der Waals surface area contributed by atoms with Gasteiger partial charge in [0, 0.05) is 31.7 Å². The Kier molecular flexibility index (Phi) is 4.39. The number of nitrogens with zero attached hydrogens (tertiary/aromatic N) is 3. The Labute approximate surface area is 137 Å². The maximum Gasteiger partial charge on any atom is 0.407 e. The maximum atomic E-state index is 13.6. The zero-order valence-electron chi connectivity index (χ0n) is 12.2. The zero-order valence-corrected chi connectivity index (χ0v) is 13.0. The lowest BCUT2D eigenvalue weighted by Crippen LogP contribution is -2.59. The third-order valence-electron chi connectivity index (χ3n) is 4.34. The van der Waals surface area contributed by atoms with Crippen molar-refractivity contribution >= 4 is 17.7 Å². The second-order valence-corrected chi connectivity index (χ2v) is 6.01. The molecule has 1 aromatic carbocycles. The first kappa shape index (κ1) is 16.0. The fraction of sp³-hybridized carbons (Fsp3) is 0.467. The highest BCUT2D eigenvalue weighted by Crippen LogP contribution is 2.33. The van der Waals surface area contributed by atoms with Gasteiger partial charge in [0.25, 0.3) is 0 Å². The smallest absolute Gasteiger partial charge is 0.407 e. The van der Waals surface area contributed by atoms with Crippen LogP contribution >= 0.6 is 11.6 Å². The van der Waals surface area contributed by atoms with Crippen LogP contribution in [0.3, 0.4) is 0 Å². The summed E-state index contributed by atoms with van der Waals surface area (Å²) in [5, 5.41) is 18.1. The molecule has 2 saturated heterocycles. The normalized spacial score (nSPS) is 24.8. The van der Waals surface area contributed by atoms with Gasteiger partial charge in [-0.25, -0.2) is 9.18 Å². The predicted octanol–water partition coefficient (Wildman–Crippen LogP) is 2.09. The molecule has 6 nitrogen and oxygen atoms in total. The Morgan fingerprint density at radius 3 is 2.91 bits per heavy atom. The van der Waals surface area contributed by atoms with Crippen LogP contribution in [0.2, 0.25) is 5.02 Å². The number of amides is 1. The molecule has 1 amide bonds. The summed E-state index contributed by atoms with van der Waals surface area (Å²) in [6.07, 6.45) is -1.28. The topological polar surface area (TPSA) is 76.8 Å². The minimum atomic E-state index is -0.924. The summed E-state index contributed by atoms with van der Waals surface area (Å²) in [6, 6.07) is 4.53. The van der Waals surface area contributed by atoms with Crippen molar-refractivity contribution in [1.82, 2.24) is 9.80 Å². The van der Waals surface area contributed by atoms with Gasteiger partial charge in [-0.2, -0.15) is 5.26 Å². The number of piperazine rings is 1. The van der Waals surface area contributed by atoms with Crippen molar-refractivity contribution in [3.05, 3.63) is 34.1 Å². The lowest BCUT2D eigenvalue weighted by Gasteiger charge is -2.45. The van der Waals surface area contributed by atoms with Crippen LogP contribution < -0.4 is 0 Å². The van der Waals surface area contributed by atoms with Crippen molar-refractivity contribution < 1.29 is 19.0 Å². The van der Waals surface area contributed by atoms with E-state index in [1.54, 1.807) is 6.07 Å². The Morgan fingerprint density at radius 1 is 1.43 bits per heavy atom. The number of fused-ring (bicyclic) bond motifs is 1. The van der Waals surface area contributed by atoms with Crippen LogP contribution in [-0.2, 0) is 4.74 Å². The van der Waals surface area contributed by atoms with Crippen LogP contribution in [-0.4, -0.2) is 59.8 Å². The molecular weight excluding hydrogens is 325 g/mol. The van der Waals surface area contributed by atoms with E-state index in [0.717, 1.165) is 0 Å². The number of ether oxygens (including phenoxy) is 1. The highest BCUT2D eigenvalue weighted by molar-refractivity contribution is 6.32. The van der Waals surface area contributed by atoms with Crippen molar-refractivity contribution in [2.75, 3.05) is 32.8 Å². The van der Waals surface area contributed by atoms with Crippen LogP contribution in [0, 0.1) is 17.1 Å². The van der Waals surface area contributed by atoms with Gasteiger partial charge in [-0.3, -0.25) is 4.90 Å². The summed E-state index contributed by atoms with van der Waals surface area (Å²) >= 11 is 6.14. The predicted molar refractivity (Wildman–Crippen MR) is 79.8 cm³/mol. The molecule has 0 saturated carbocycles. The van der Waals surface area contributed by atoms with Crippen molar-refractivity contribution in [3.63, 3.8) is 0 Å². The van der Waals surface area contributed by atoms with Crippen LogP contribution in [0.25, 0.3) is 0 Å². The first-order valence-corrected chi connectivity index (χ1v) is 7.60. The van der Waals surface area contributed by atoms with Crippen molar-refractivity contribution in [1.29, 1.82) is 5.26 Å². The maximum absolute atomic E-state index is 13.6. The Balaban J connectivity index is 1.77.